The smallest absolute Gasteiger partial charge is 0.265 e. The highest BCUT2D eigenvalue weighted by Crippen LogP contribution is 2.30. The van der Waals surface area contributed by atoms with Crippen molar-refractivity contribution in [1.29, 1.82) is 0 Å². The number of amides is 1. The number of primary sulfonamides is 1. The van der Waals surface area contributed by atoms with Crippen molar-refractivity contribution in [2.24, 2.45) is 5.14 Å². The number of pyridine rings is 1. The number of anilines is 1. The Morgan fingerprint density at radius 3 is 2.63 bits per heavy atom. The van der Waals surface area contributed by atoms with Crippen LogP contribution in [0, 0.1) is 0 Å². The highest BCUT2D eigenvalue weighted by atomic mass is 35.5. The summed E-state index contributed by atoms with van der Waals surface area (Å²) in [6.07, 6.45) is 1.25. The van der Waals surface area contributed by atoms with Crippen molar-refractivity contribution in [3.8, 4) is 16.9 Å². The predicted molar refractivity (Wildman–Crippen MR) is 127 cm³/mol. The summed E-state index contributed by atoms with van der Waals surface area (Å²) in [5.74, 6) is -0.415. The van der Waals surface area contributed by atoms with Crippen molar-refractivity contribution in [3.63, 3.8) is 0 Å². The number of alkyl halides is 2. The Morgan fingerprint density at radius 2 is 1.91 bits per heavy atom. The van der Waals surface area contributed by atoms with E-state index in [1.165, 1.54) is 53.6 Å². The second kappa shape index (κ2) is 9.90. The summed E-state index contributed by atoms with van der Waals surface area (Å²) in [6.45, 7) is 0. The van der Waals surface area contributed by atoms with Gasteiger partial charge in [-0.3, -0.25) is 9.78 Å². The third kappa shape index (κ3) is 5.53. The molecule has 180 valence electrons. The van der Waals surface area contributed by atoms with E-state index in [-0.39, 0.29) is 39.5 Å². The maximum absolute atomic E-state index is 13.4. The van der Waals surface area contributed by atoms with Crippen molar-refractivity contribution in [2.75, 3.05) is 5.32 Å². The summed E-state index contributed by atoms with van der Waals surface area (Å²) in [6, 6.07) is 13.6. The van der Waals surface area contributed by atoms with Crippen LogP contribution in [0.1, 0.15) is 17.6 Å². The van der Waals surface area contributed by atoms with Gasteiger partial charge in [-0.15, -0.1) is 0 Å². The number of hydrogen-bond donors (Lipinski definition) is 2. The van der Waals surface area contributed by atoms with E-state index in [0.29, 0.717) is 10.6 Å². The van der Waals surface area contributed by atoms with Gasteiger partial charge >= 0.3 is 0 Å². The number of hydrogen-bond acceptors (Lipinski definition) is 5. The zero-order valence-corrected chi connectivity index (χ0v) is 19.5. The number of rotatable bonds is 7. The molecule has 0 atom stereocenters. The van der Waals surface area contributed by atoms with Crippen molar-refractivity contribution < 1.29 is 22.0 Å². The Balaban J connectivity index is 1.65. The summed E-state index contributed by atoms with van der Waals surface area (Å²) in [5.41, 5.74) is 0.865. The molecule has 0 radical (unpaired) electrons. The second-order valence-electron chi connectivity index (χ2n) is 7.46. The maximum atomic E-state index is 13.4. The predicted octanol–water partition coefficient (Wildman–Crippen LogP) is 4.35. The third-order valence-corrected chi connectivity index (χ3v) is 6.34. The first-order chi connectivity index (χ1) is 16.6. The summed E-state index contributed by atoms with van der Waals surface area (Å²) < 4.78 is 52.6. The molecule has 2 aromatic heterocycles. The van der Waals surface area contributed by atoms with Gasteiger partial charge in [-0.1, -0.05) is 29.8 Å². The SMILES string of the molecule is NS(=O)(=O)c1cc(NC(=O)Cc2ccccc2Cl)ccc1-n1cc(-c2ncccc2C(F)F)cn1. The van der Waals surface area contributed by atoms with E-state index >= 15 is 0 Å². The number of benzene rings is 2. The van der Waals surface area contributed by atoms with E-state index in [1.54, 1.807) is 24.3 Å². The largest absolute Gasteiger partial charge is 0.326 e. The van der Waals surface area contributed by atoms with Gasteiger partial charge in [-0.25, -0.2) is 27.0 Å². The fourth-order valence-electron chi connectivity index (χ4n) is 3.44. The van der Waals surface area contributed by atoms with Crippen LogP contribution in [0.15, 0.2) is 78.1 Å². The maximum Gasteiger partial charge on any atom is 0.265 e. The number of nitrogens with zero attached hydrogens (tertiary/aromatic N) is 3. The highest BCUT2D eigenvalue weighted by molar-refractivity contribution is 7.89. The van der Waals surface area contributed by atoms with Crippen LogP contribution < -0.4 is 10.5 Å². The summed E-state index contributed by atoms with van der Waals surface area (Å²) >= 11 is 6.09. The van der Waals surface area contributed by atoms with Crippen molar-refractivity contribution in [2.45, 2.75) is 17.7 Å². The molecule has 4 aromatic rings. The first-order valence-electron chi connectivity index (χ1n) is 10.1. The summed E-state index contributed by atoms with van der Waals surface area (Å²) in [5, 5.41) is 12.6. The van der Waals surface area contributed by atoms with Crippen LogP contribution in [-0.2, 0) is 21.2 Å². The van der Waals surface area contributed by atoms with Crippen LogP contribution in [0.3, 0.4) is 0 Å². The number of nitrogens with one attached hydrogen (secondary N) is 1. The lowest BCUT2D eigenvalue weighted by Crippen LogP contribution is -2.18. The minimum absolute atomic E-state index is 0.0226. The van der Waals surface area contributed by atoms with Gasteiger partial charge in [0.15, 0.2) is 0 Å². The van der Waals surface area contributed by atoms with Gasteiger partial charge in [-0.05, 0) is 42.0 Å². The van der Waals surface area contributed by atoms with Gasteiger partial charge in [0.1, 0.15) is 4.90 Å². The van der Waals surface area contributed by atoms with Crippen LogP contribution in [0.4, 0.5) is 14.5 Å². The monoisotopic (exact) mass is 517 g/mol. The first kappa shape index (κ1) is 24.5. The number of sulfonamides is 1. The number of nitrogens with two attached hydrogens (primary N) is 1. The van der Waals surface area contributed by atoms with E-state index in [9.17, 15) is 22.0 Å². The molecule has 12 heteroatoms. The lowest BCUT2D eigenvalue weighted by Gasteiger charge is -2.12. The fourth-order valence-corrected chi connectivity index (χ4v) is 4.39. The van der Waals surface area contributed by atoms with Crippen LogP contribution in [0.2, 0.25) is 5.02 Å². The molecule has 0 saturated heterocycles. The molecule has 0 bridgehead atoms. The van der Waals surface area contributed by atoms with Gasteiger partial charge in [0.05, 0.1) is 24.0 Å². The lowest BCUT2D eigenvalue weighted by molar-refractivity contribution is -0.115. The molecule has 2 heterocycles. The molecule has 8 nitrogen and oxygen atoms in total. The standard InChI is InChI=1S/C23H18ClF2N5O3S/c24-18-6-2-1-4-14(18)10-21(32)30-16-7-8-19(20(11-16)35(27,33)34)31-13-15(12-29-31)22-17(23(25)26)5-3-9-28-22/h1-9,11-13,23H,10H2,(H,30,32)(H2,27,33,34). The molecule has 0 aliphatic carbocycles. The van der Waals surface area contributed by atoms with Crippen LogP contribution in [0.5, 0.6) is 0 Å². The summed E-state index contributed by atoms with van der Waals surface area (Å²) in [7, 11) is -4.25. The van der Waals surface area contributed by atoms with E-state index in [1.807, 2.05) is 0 Å². The van der Waals surface area contributed by atoms with Crippen LogP contribution >= 0.6 is 11.6 Å². The molecule has 4 rings (SSSR count). The minimum atomic E-state index is -4.25. The Hall–Kier alpha value is -3.67. The number of carbonyl (C=O) groups excluding carboxylic acids is 1. The summed E-state index contributed by atoms with van der Waals surface area (Å²) in [4.78, 5) is 16.1. The number of halogens is 3. The molecule has 0 fully saturated rings. The van der Waals surface area contributed by atoms with Gasteiger partial charge in [-0.2, -0.15) is 5.10 Å². The minimum Gasteiger partial charge on any atom is -0.326 e. The average Bonchev–Trinajstić information content (AvgIpc) is 3.30. The number of aromatic nitrogens is 3. The molecule has 0 aliphatic heterocycles. The molecule has 2 aromatic carbocycles. The van der Waals surface area contributed by atoms with Gasteiger partial charge < -0.3 is 5.32 Å². The van der Waals surface area contributed by atoms with Crippen molar-refractivity contribution in [3.05, 3.63) is 89.3 Å². The second-order valence-corrected chi connectivity index (χ2v) is 9.40. The van der Waals surface area contributed by atoms with E-state index < -0.39 is 22.4 Å². The first-order valence-corrected chi connectivity index (χ1v) is 12.0. The lowest BCUT2D eigenvalue weighted by atomic mass is 10.1. The highest BCUT2D eigenvalue weighted by Gasteiger charge is 2.20. The molecule has 0 saturated carbocycles. The third-order valence-electron chi connectivity index (χ3n) is 5.04. The van der Waals surface area contributed by atoms with Crippen molar-refractivity contribution in [1.82, 2.24) is 14.8 Å². The normalized spacial score (nSPS) is 11.6. The Morgan fingerprint density at radius 1 is 1.14 bits per heavy atom. The quantitative estimate of drug-likeness (QED) is 0.377. The van der Waals surface area contributed by atoms with Crippen molar-refractivity contribution >= 4 is 33.2 Å². The zero-order valence-electron chi connectivity index (χ0n) is 17.9. The molecular formula is C23H18ClF2N5O3S. The fraction of sp³-hybridized carbons (Fsp3) is 0.0870. The Bertz CT molecular complexity index is 1510. The van der Waals surface area contributed by atoms with E-state index in [2.05, 4.69) is 15.4 Å². The topological polar surface area (TPSA) is 120 Å². The molecule has 0 spiro atoms. The van der Waals surface area contributed by atoms with Crippen LogP contribution in [-0.4, -0.2) is 29.1 Å². The molecule has 35 heavy (non-hydrogen) atoms. The van der Waals surface area contributed by atoms with Crippen LogP contribution in [0.25, 0.3) is 16.9 Å². The number of carbonyl (C=O) groups is 1. The zero-order chi connectivity index (χ0) is 25.2. The molecular weight excluding hydrogens is 500 g/mol. The molecule has 0 unspecified atom stereocenters. The average molecular weight is 518 g/mol. The van der Waals surface area contributed by atoms with E-state index in [0.717, 1.165) is 0 Å². The molecule has 0 aliphatic rings. The van der Waals surface area contributed by atoms with Gasteiger partial charge in [0.25, 0.3) is 6.43 Å². The van der Waals surface area contributed by atoms with Gasteiger partial charge in [0.2, 0.25) is 15.9 Å². The molecule has 1 amide bonds. The van der Waals surface area contributed by atoms with E-state index in [4.69, 9.17) is 16.7 Å². The Labute approximate surface area is 204 Å². The van der Waals surface area contributed by atoms with Gasteiger partial charge in [0, 0.05) is 34.2 Å². The Kier molecular flexibility index (Phi) is 6.92. The molecule has 3 N–H and O–H groups in total.